The summed E-state index contributed by atoms with van der Waals surface area (Å²) in [5, 5.41) is 33.2. The Bertz CT molecular complexity index is 8370. The van der Waals surface area contributed by atoms with E-state index in [1.807, 2.05) is 0 Å². The molecule has 0 aliphatic carbocycles. The van der Waals surface area contributed by atoms with E-state index in [1.165, 1.54) is 240 Å². The molecule has 0 unspecified atom stereocenters. The molecule has 0 bridgehead atoms. The zero-order valence-electron chi connectivity index (χ0n) is 68.2. The fraction of sp³-hybridized carbons (Fsp3) is 0. The van der Waals surface area contributed by atoms with E-state index in [0.29, 0.717) is 0 Å². The maximum Gasteiger partial charge on any atom is -0.00199 e. The van der Waals surface area contributed by atoms with E-state index in [9.17, 15) is 0 Å². The van der Waals surface area contributed by atoms with E-state index in [2.05, 4.69) is 485 Å². The van der Waals surface area contributed by atoms with Crippen molar-refractivity contribution in [1.29, 1.82) is 0 Å². The first kappa shape index (κ1) is 73.1. The van der Waals surface area contributed by atoms with Gasteiger partial charge in [-0.2, -0.15) is 0 Å². The lowest BCUT2D eigenvalue weighted by atomic mass is 9.83. The van der Waals surface area contributed by atoms with Gasteiger partial charge in [0.15, 0.2) is 0 Å². The Morgan fingerprint density at radius 3 is 0.718 bits per heavy atom. The highest BCUT2D eigenvalue weighted by Crippen LogP contribution is 2.52. The molecule has 576 valence electrons. The van der Waals surface area contributed by atoms with Crippen molar-refractivity contribution in [2.45, 2.75) is 0 Å². The number of benzene rings is 25. The Labute approximate surface area is 720 Å². The lowest BCUT2D eigenvalue weighted by Gasteiger charge is -2.20. The molecular weight excluding hydrogens is 1490 g/mol. The maximum absolute atomic E-state index is 2.39. The van der Waals surface area contributed by atoms with Crippen LogP contribution in [0.25, 0.3) is 240 Å². The average Bonchev–Trinajstić information content (AvgIpc) is 0.728. The predicted octanol–water partition coefficient (Wildman–Crippen LogP) is 35.1. The first-order chi connectivity index (χ1) is 61.5. The summed E-state index contributed by atoms with van der Waals surface area (Å²) < 4.78 is 0. The minimum Gasteiger partial charge on any atom is -0.0622 e. The van der Waals surface area contributed by atoms with Crippen LogP contribution in [0.1, 0.15) is 0 Å². The topological polar surface area (TPSA) is 0 Å². The number of fused-ring (bicyclic) bond motifs is 15. The van der Waals surface area contributed by atoms with E-state index in [0.717, 1.165) is 0 Å². The third kappa shape index (κ3) is 12.9. The summed E-state index contributed by atoms with van der Waals surface area (Å²) in [5.74, 6) is 0. The third-order valence-corrected chi connectivity index (χ3v) is 25.7. The lowest BCUT2D eigenvalue weighted by Crippen LogP contribution is -1.92. The molecule has 25 rings (SSSR count). The van der Waals surface area contributed by atoms with Crippen LogP contribution in [0.5, 0.6) is 0 Å². The van der Waals surface area contributed by atoms with Gasteiger partial charge in [-0.3, -0.25) is 0 Å². The molecule has 0 fully saturated rings. The zero-order valence-corrected chi connectivity index (χ0v) is 68.2. The Morgan fingerprint density at radius 2 is 0.306 bits per heavy atom. The van der Waals surface area contributed by atoms with Gasteiger partial charge in [-0.25, -0.2) is 0 Å². The van der Waals surface area contributed by atoms with Crippen molar-refractivity contribution in [2.24, 2.45) is 0 Å². The molecular formula is C124H80. The molecule has 0 N–H and O–H groups in total. The summed E-state index contributed by atoms with van der Waals surface area (Å²) in [6, 6.07) is 177. The highest BCUT2D eigenvalue weighted by molar-refractivity contribution is 6.29. The molecule has 25 aromatic carbocycles. The summed E-state index contributed by atoms with van der Waals surface area (Å²) in [7, 11) is 0. The largest absolute Gasteiger partial charge is 0.0622 e. The van der Waals surface area contributed by atoms with Gasteiger partial charge in [0, 0.05) is 0 Å². The second kappa shape index (κ2) is 31.2. The molecule has 0 aliphatic rings. The summed E-state index contributed by atoms with van der Waals surface area (Å²) >= 11 is 0. The van der Waals surface area contributed by atoms with Crippen LogP contribution in [0.15, 0.2) is 485 Å². The SMILES string of the molecule is c1cc(-c2ccc3ccccc3c2)cc(-c2c3ccccc3c(-c3cccc4ccccc34)c3ccccc23)c1.c1ccc(-c2ccc3cc(-c4c5ccccc5c(-c5cc6ccccc6c6ccccc56)c5ccccc45)ccc3c2)cc1.c1ccc(-c2cccc(-c3c4ccccc4c(-c4cc5ccccc5c5ccccc45)c4ccccc34)c2)cc1. The van der Waals surface area contributed by atoms with Gasteiger partial charge >= 0.3 is 0 Å². The van der Waals surface area contributed by atoms with Gasteiger partial charge in [0.25, 0.3) is 0 Å². The van der Waals surface area contributed by atoms with E-state index in [4.69, 9.17) is 0 Å². The van der Waals surface area contributed by atoms with Gasteiger partial charge < -0.3 is 0 Å². The minimum atomic E-state index is 1.23. The van der Waals surface area contributed by atoms with Gasteiger partial charge in [0.05, 0.1) is 0 Å². The first-order valence-electron chi connectivity index (χ1n) is 43.0. The Morgan fingerprint density at radius 1 is 0.0806 bits per heavy atom. The van der Waals surface area contributed by atoms with Crippen molar-refractivity contribution >= 4 is 140 Å². The summed E-state index contributed by atoms with van der Waals surface area (Å²) in [6.45, 7) is 0. The minimum absolute atomic E-state index is 1.23. The molecule has 0 amide bonds. The fourth-order valence-corrected chi connectivity index (χ4v) is 20.1. The molecule has 0 heterocycles. The highest BCUT2D eigenvalue weighted by Gasteiger charge is 2.24. The maximum atomic E-state index is 2.39. The molecule has 0 atom stereocenters. The quantitative estimate of drug-likeness (QED) is 0.0998. The van der Waals surface area contributed by atoms with Crippen LogP contribution in [0, 0.1) is 0 Å². The van der Waals surface area contributed by atoms with Gasteiger partial charge in [-0.05, 0) is 283 Å². The average molecular weight is 1570 g/mol. The van der Waals surface area contributed by atoms with Crippen molar-refractivity contribution in [3.63, 3.8) is 0 Å². The molecule has 0 saturated heterocycles. The molecule has 124 heavy (non-hydrogen) atoms. The van der Waals surface area contributed by atoms with Crippen LogP contribution in [0.2, 0.25) is 0 Å². The van der Waals surface area contributed by atoms with Crippen molar-refractivity contribution in [3.05, 3.63) is 485 Å². The van der Waals surface area contributed by atoms with Crippen molar-refractivity contribution < 1.29 is 0 Å². The lowest BCUT2D eigenvalue weighted by molar-refractivity contribution is 1.61. The van der Waals surface area contributed by atoms with E-state index in [1.54, 1.807) is 0 Å². The standard InChI is InChI=1S/C44H28.2C40H26/c1-2-12-29(13-3-1)30-22-23-32-27-34(25-24-31(32)26-30)43-38-18-8-10-20-40(38)44(41-21-11-9-19-39(41)43)42-28-33-14-4-5-15-35(33)36-16-6-7-17-37(36)42;1-2-13-29-25-31(24-23-27(29)11-1)30-15-9-16-32(26-30)39-35-18-5-7-20-37(35)40(38-21-8-6-19-36(38)39)34-22-10-14-28-12-3-4-17-33(28)34;1-2-13-27(14-3-1)28-16-12-17-30(25-28)39-34-21-8-10-23-36(34)40(37-24-11-9-22-35(37)39)38-26-29-15-4-5-18-31(29)32-19-6-7-20-33(32)38/h1-28H;2*1-26H. The van der Waals surface area contributed by atoms with Crippen molar-refractivity contribution in [2.75, 3.05) is 0 Å². The summed E-state index contributed by atoms with van der Waals surface area (Å²) in [5.41, 5.74) is 22.8. The summed E-state index contributed by atoms with van der Waals surface area (Å²) in [4.78, 5) is 0. The fourth-order valence-electron chi connectivity index (χ4n) is 20.1. The Balaban J connectivity index is 0.000000108. The van der Waals surface area contributed by atoms with Crippen LogP contribution in [-0.2, 0) is 0 Å². The predicted molar refractivity (Wildman–Crippen MR) is 536 cm³/mol. The van der Waals surface area contributed by atoms with Gasteiger partial charge in [-0.1, -0.05) is 443 Å². The molecule has 0 aliphatic heterocycles. The zero-order chi connectivity index (χ0) is 82.0. The van der Waals surface area contributed by atoms with Crippen LogP contribution in [0.4, 0.5) is 0 Å². The van der Waals surface area contributed by atoms with E-state index < -0.39 is 0 Å². The van der Waals surface area contributed by atoms with Crippen LogP contribution < -0.4 is 0 Å². The molecule has 0 saturated carbocycles. The second-order valence-electron chi connectivity index (χ2n) is 32.7. The smallest absolute Gasteiger partial charge is 0.00199 e. The monoisotopic (exact) mass is 1570 g/mol. The van der Waals surface area contributed by atoms with Crippen LogP contribution in [-0.4, -0.2) is 0 Å². The van der Waals surface area contributed by atoms with Gasteiger partial charge in [0.2, 0.25) is 0 Å². The van der Waals surface area contributed by atoms with Gasteiger partial charge in [0.1, 0.15) is 0 Å². The number of rotatable bonds is 9. The number of hydrogen-bond donors (Lipinski definition) is 0. The second-order valence-corrected chi connectivity index (χ2v) is 32.7. The molecule has 0 nitrogen and oxygen atoms in total. The Hall–Kier alpha value is -16.1. The Kier molecular flexibility index (Phi) is 18.4. The number of hydrogen-bond acceptors (Lipinski definition) is 0. The molecule has 0 aromatic heterocycles. The molecule has 0 heteroatoms. The normalized spacial score (nSPS) is 11.5. The van der Waals surface area contributed by atoms with Gasteiger partial charge in [-0.15, -0.1) is 0 Å². The first-order valence-corrected chi connectivity index (χ1v) is 43.0. The highest BCUT2D eigenvalue weighted by atomic mass is 14.3. The van der Waals surface area contributed by atoms with Crippen molar-refractivity contribution in [3.8, 4) is 100 Å². The van der Waals surface area contributed by atoms with E-state index >= 15 is 0 Å². The van der Waals surface area contributed by atoms with E-state index in [-0.39, 0.29) is 0 Å². The van der Waals surface area contributed by atoms with Crippen molar-refractivity contribution in [1.82, 2.24) is 0 Å². The van der Waals surface area contributed by atoms with Crippen LogP contribution in [0.3, 0.4) is 0 Å². The third-order valence-electron chi connectivity index (χ3n) is 25.7. The molecule has 0 spiro atoms. The summed E-state index contributed by atoms with van der Waals surface area (Å²) in [6.07, 6.45) is 0. The molecule has 25 aromatic rings. The molecule has 0 radical (unpaired) electrons. The van der Waals surface area contributed by atoms with Crippen LogP contribution >= 0.6 is 0 Å².